The Bertz CT molecular complexity index is 3060. The molecule has 0 saturated carbocycles. The van der Waals surface area contributed by atoms with Gasteiger partial charge in [-0.2, -0.15) is 0 Å². The van der Waals surface area contributed by atoms with Gasteiger partial charge in [-0.1, -0.05) is 30.3 Å². The van der Waals surface area contributed by atoms with Crippen molar-refractivity contribution in [3.63, 3.8) is 0 Å². The van der Waals surface area contributed by atoms with Gasteiger partial charge >= 0.3 is 0 Å². The van der Waals surface area contributed by atoms with Gasteiger partial charge in [0.2, 0.25) is 41.4 Å². The number of rotatable bonds is 42. The molecule has 1 aliphatic rings. The summed E-state index contributed by atoms with van der Waals surface area (Å²) in [7, 11) is 1.38. The van der Waals surface area contributed by atoms with Crippen molar-refractivity contribution >= 4 is 117 Å². The highest BCUT2D eigenvalue weighted by Crippen LogP contribution is 2.33. The van der Waals surface area contributed by atoms with Gasteiger partial charge < -0.3 is 111 Å². The summed E-state index contributed by atoms with van der Waals surface area (Å²) >= 11 is 0.796. The van der Waals surface area contributed by atoms with Crippen molar-refractivity contribution < 1.29 is 47.9 Å². The maximum Gasteiger partial charge on any atom is 0.290 e. The number of nitrogens with zero attached hydrogens (tertiary/aromatic N) is 6. The number of nitrogens with one attached hydrogen (secondary N) is 8. The predicted molar refractivity (Wildman–Crippen MR) is 353 cm³/mol. The third-order valence-corrected chi connectivity index (χ3v) is 14.2. The Hall–Kier alpha value is -10.4. The number of amides is 9. The summed E-state index contributed by atoms with van der Waals surface area (Å²) in [6, 6.07) is 2.76. The number of aliphatic imine (C=N–C) groups is 6. The van der Waals surface area contributed by atoms with Crippen LogP contribution in [0.3, 0.4) is 0 Å². The van der Waals surface area contributed by atoms with Crippen LogP contribution in [0.1, 0.15) is 95.5 Å². The Balaban J connectivity index is 1.94. The Labute approximate surface area is 535 Å². The summed E-state index contributed by atoms with van der Waals surface area (Å²) in [4.78, 5) is 147. The van der Waals surface area contributed by atoms with E-state index in [0.29, 0.717) is 16.7 Å². The van der Waals surface area contributed by atoms with Crippen LogP contribution in [-0.2, 0) is 38.4 Å². The van der Waals surface area contributed by atoms with Crippen LogP contribution in [0.25, 0.3) is 16.8 Å². The SMILES string of the molecule is CNC(=O)[C@H](CCCN=C(N)N)NC(=O)[C@H](CCCN=C(N)N)NC(=O)[C@H](CCCN=C(N)N)NC(=O)[C@H](CCCN=C(N)N)NC(=O)[C@H](CCCN=C(N)N)NC(=O)[C@H](CCCN=C(N)N)NC(=O)CCCOc1ccc(C=C2SC(=O)NC2=O)c2ccccc12. The standard InChI is InChI=1S/C55H90N26O10S/c1-68-42(83)33(13-4-22-69-49(56)57)76-44(85)35(15-6-24-71-51(60)61)78-46(87)37(17-8-26-73-53(64)65)80-47(88)38(18-9-27-74-54(66)67)79-45(86)36(16-7-25-72-52(62)63)77-43(84)34(14-5-23-70-50(58)59)75-41(82)19-10-28-91-39-21-20-30(31-11-2-3-12-32(31)39)29-40-48(89)81-55(90)92-40/h2-3,11-12,20-21,29,33-38H,4-10,13-19,22-28H2,1H3,(H,68,83)(H,75,82)(H,76,85)(H,77,84)(H,78,87)(H,79,86)(H,80,88)(H4,56,57,69)(H4,58,59,70)(H4,60,61,71)(H4,62,63,72)(H4,64,65,73)(H4,66,67,74)(H,81,89,90)/t33-,34-,35-,36-,37-,38-/m0/s1. The van der Waals surface area contributed by atoms with Crippen LogP contribution in [0.15, 0.2) is 71.3 Å². The van der Waals surface area contributed by atoms with E-state index in [1.165, 1.54) is 7.05 Å². The second-order valence-corrected chi connectivity index (χ2v) is 21.8. The lowest BCUT2D eigenvalue weighted by Crippen LogP contribution is -2.59. The topological polar surface area (TPSA) is 646 Å². The van der Waals surface area contributed by atoms with Crippen LogP contribution in [0.4, 0.5) is 4.79 Å². The van der Waals surface area contributed by atoms with Gasteiger partial charge in [-0.15, -0.1) is 0 Å². The zero-order chi connectivity index (χ0) is 68.1. The first-order chi connectivity index (χ1) is 43.8. The van der Waals surface area contributed by atoms with Crippen molar-refractivity contribution in [1.29, 1.82) is 0 Å². The Morgan fingerprint density at radius 2 is 0.783 bits per heavy atom. The van der Waals surface area contributed by atoms with Gasteiger partial charge in [0.15, 0.2) is 35.8 Å². The summed E-state index contributed by atoms with van der Waals surface area (Å²) in [5.74, 6) is -6.64. The molecule has 0 aliphatic carbocycles. The van der Waals surface area contributed by atoms with Crippen molar-refractivity contribution in [2.24, 2.45) is 98.8 Å². The maximum atomic E-state index is 14.6. The minimum Gasteiger partial charge on any atom is -0.493 e. The van der Waals surface area contributed by atoms with Crippen molar-refractivity contribution in [3.05, 3.63) is 46.9 Å². The number of imide groups is 1. The number of hydrogen-bond acceptors (Lipinski definition) is 17. The van der Waals surface area contributed by atoms with E-state index in [4.69, 9.17) is 73.5 Å². The summed E-state index contributed by atoms with van der Waals surface area (Å²) in [6.45, 7) is 0.347. The maximum absolute atomic E-state index is 14.6. The minimum atomic E-state index is -1.45. The largest absolute Gasteiger partial charge is 0.493 e. The third kappa shape index (κ3) is 29.8. The first-order valence-corrected chi connectivity index (χ1v) is 30.3. The molecule has 2 aromatic carbocycles. The van der Waals surface area contributed by atoms with E-state index >= 15 is 0 Å². The molecule has 0 bridgehead atoms. The quantitative estimate of drug-likeness (QED) is 0.0127. The van der Waals surface area contributed by atoms with Crippen molar-refractivity contribution in [1.82, 2.24) is 42.5 Å². The summed E-state index contributed by atoms with van der Waals surface area (Å²) < 4.78 is 6.12. The molecule has 0 spiro atoms. The molecule has 0 radical (unpaired) electrons. The predicted octanol–water partition coefficient (Wildman–Crippen LogP) is -5.70. The summed E-state index contributed by atoms with van der Waals surface area (Å²) in [5.41, 5.74) is 67.3. The molecule has 1 aliphatic heterocycles. The molecule has 92 heavy (non-hydrogen) atoms. The van der Waals surface area contributed by atoms with Crippen LogP contribution in [0.2, 0.25) is 0 Å². The zero-order valence-electron chi connectivity index (χ0n) is 51.5. The molecule has 6 atom stereocenters. The smallest absolute Gasteiger partial charge is 0.290 e. The Kier molecular flexibility index (Phi) is 33.9. The minimum absolute atomic E-state index is 0.00445. The summed E-state index contributed by atoms with van der Waals surface area (Å²) in [5, 5.41) is 21.9. The normalized spacial score (nSPS) is 14.0. The monoisotopic (exact) mass is 1310 g/mol. The zero-order valence-corrected chi connectivity index (χ0v) is 52.3. The lowest BCUT2D eigenvalue weighted by Gasteiger charge is -2.28. The second kappa shape index (κ2) is 41.0. The number of carbonyl (C=O) groups excluding carboxylic acids is 9. The fourth-order valence-corrected chi connectivity index (χ4v) is 9.63. The van der Waals surface area contributed by atoms with Crippen LogP contribution >= 0.6 is 11.8 Å². The molecule has 36 nitrogen and oxygen atoms in total. The van der Waals surface area contributed by atoms with E-state index in [1.807, 2.05) is 24.3 Å². The lowest BCUT2D eigenvalue weighted by atomic mass is 10.0. The number of thioether (sulfide) groups is 1. The van der Waals surface area contributed by atoms with Gasteiger partial charge in [0, 0.05) is 58.1 Å². The molecule has 3 rings (SSSR count). The summed E-state index contributed by atoms with van der Waals surface area (Å²) in [6.07, 6.45) is 2.31. The van der Waals surface area contributed by atoms with Crippen molar-refractivity contribution in [3.8, 4) is 5.75 Å². The molecule has 506 valence electrons. The van der Waals surface area contributed by atoms with E-state index in [-0.39, 0.29) is 176 Å². The molecular formula is C55H90N26O10S. The number of fused-ring (bicyclic) bond motifs is 1. The lowest BCUT2D eigenvalue weighted by molar-refractivity contribution is -0.135. The molecule has 0 aromatic heterocycles. The first kappa shape index (κ1) is 75.9. The van der Waals surface area contributed by atoms with Crippen LogP contribution in [0.5, 0.6) is 5.75 Å². The highest BCUT2D eigenvalue weighted by molar-refractivity contribution is 8.18. The number of benzene rings is 2. The fraction of sp³-hybridized carbons (Fsp3) is 0.509. The molecule has 9 amide bonds. The average Bonchev–Trinajstić information content (AvgIpc) is 1.15. The molecule has 37 heteroatoms. The van der Waals surface area contributed by atoms with Crippen molar-refractivity contribution in [2.45, 2.75) is 126 Å². The van der Waals surface area contributed by atoms with Crippen LogP contribution in [0, 0.1) is 0 Å². The van der Waals surface area contributed by atoms with Gasteiger partial charge in [-0.3, -0.25) is 78.4 Å². The molecule has 1 heterocycles. The Morgan fingerprint density at radius 1 is 0.457 bits per heavy atom. The van der Waals surface area contributed by atoms with E-state index in [0.717, 1.165) is 17.1 Å². The van der Waals surface area contributed by atoms with E-state index in [2.05, 4.69) is 72.5 Å². The number of nitrogens with two attached hydrogens (primary N) is 12. The van der Waals surface area contributed by atoms with Gasteiger partial charge in [0.05, 0.1) is 11.5 Å². The molecular weight excluding hydrogens is 1220 g/mol. The molecule has 2 aromatic rings. The van der Waals surface area contributed by atoms with E-state index in [1.54, 1.807) is 18.2 Å². The highest BCUT2D eigenvalue weighted by atomic mass is 32.2. The van der Waals surface area contributed by atoms with Gasteiger partial charge in [-0.25, -0.2) is 0 Å². The van der Waals surface area contributed by atoms with Crippen LogP contribution < -0.4 is 116 Å². The average molecular weight is 1310 g/mol. The van der Waals surface area contributed by atoms with Gasteiger partial charge in [0.1, 0.15) is 42.0 Å². The van der Waals surface area contributed by atoms with E-state index < -0.39 is 88.7 Å². The number of likely N-dealkylation sites (N-methyl/N-ethyl adjacent to an activating group) is 1. The molecule has 1 saturated heterocycles. The van der Waals surface area contributed by atoms with Gasteiger partial charge in [-0.05, 0) is 118 Å². The van der Waals surface area contributed by atoms with Gasteiger partial charge in [0.25, 0.3) is 11.1 Å². The second-order valence-electron chi connectivity index (χ2n) is 20.7. The first-order valence-electron chi connectivity index (χ1n) is 29.5. The number of guanidine groups is 6. The van der Waals surface area contributed by atoms with Crippen LogP contribution in [-0.4, -0.2) is 177 Å². The molecule has 0 unspecified atom stereocenters. The molecule has 32 N–H and O–H groups in total. The Morgan fingerprint density at radius 3 is 1.10 bits per heavy atom. The fourth-order valence-electron chi connectivity index (χ4n) is 8.96. The van der Waals surface area contributed by atoms with E-state index in [9.17, 15) is 43.2 Å². The number of hydrogen-bond donors (Lipinski definition) is 20. The number of ether oxygens (including phenoxy) is 1. The molecule has 1 fully saturated rings. The van der Waals surface area contributed by atoms with Crippen molar-refractivity contribution in [2.75, 3.05) is 52.9 Å². The highest BCUT2D eigenvalue weighted by Gasteiger charge is 2.34. The number of carbonyl (C=O) groups is 9. The third-order valence-electron chi connectivity index (χ3n) is 13.4.